The summed E-state index contributed by atoms with van der Waals surface area (Å²) in [5, 5.41) is 2.00. The van der Waals surface area contributed by atoms with Crippen LogP contribution in [-0.4, -0.2) is 19.3 Å². The van der Waals surface area contributed by atoms with Crippen LogP contribution in [0.5, 0.6) is 0 Å². The van der Waals surface area contributed by atoms with Crippen LogP contribution in [0.15, 0.2) is 63.4 Å². The molecule has 0 saturated carbocycles. The van der Waals surface area contributed by atoms with Crippen molar-refractivity contribution in [2.24, 2.45) is 0 Å². The minimum atomic E-state index is -3.60. The highest BCUT2D eigenvalue weighted by atomic mass is 32.2. The number of sulfonamides is 1. The molecule has 6 heteroatoms. The maximum absolute atomic E-state index is 13.2. The normalized spacial score (nSPS) is 12.0. The predicted molar refractivity (Wildman–Crippen MR) is 100 cm³/mol. The highest BCUT2D eigenvalue weighted by molar-refractivity contribution is 7.89. The number of aryl methyl sites for hydroxylation is 2. The Kier molecular flexibility index (Phi) is 5.42. The molecule has 0 atom stereocenters. The molecular weight excluding hydrogens is 354 g/mol. The van der Waals surface area contributed by atoms with Crippen LogP contribution < -0.4 is 0 Å². The SMILES string of the molecule is Cc1ccc(S(=O)(=O)N(CCc2cccs2)Cc2ccco2)c(C)c1. The fourth-order valence-electron chi connectivity index (χ4n) is 2.78. The van der Waals surface area contributed by atoms with Crippen molar-refractivity contribution in [3.8, 4) is 0 Å². The van der Waals surface area contributed by atoms with E-state index in [2.05, 4.69) is 0 Å². The molecule has 0 amide bonds. The van der Waals surface area contributed by atoms with Crippen molar-refractivity contribution in [3.05, 3.63) is 75.9 Å². The van der Waals surface area contributed by atoms with Gasteiger partial charge >= 0.3 is 0 Å². The first kappa shape index (κ1) is 17.9. The molecule has 4 nitrogen and oxygen atoms in total. The van der Waals surface area contributed by atoms with Crippen LogP contribution in [0.4, 0.5) is 0 Å². The van der Waals surface area contributed by atoms with E-state index in [1.807, 2.05) is 43.5 Å². The molecule has 0 spiro atoms. The topological polar surface area (TPSA) is 50.5 Å². The highest BCUT2D eigenvalue weighted by Crippen LogP contribution is 2.23. The molecule has 0 radical (unpaired) electrons. The van der Waals surface area contributed by atoms with Crippen molar-refractivity contribution >= 4 is 21.4 Å². The predicted octanol–water partition coefficient (Wildman–Crippen LogP) is 4.39. The van der Waals surface area contributed by atoms with E-state index in [-0.39, 0.29) is 6.54 Å². The Labute approximate surface area is 152 Å². The molecule has 2 aromatic heterocycles. The van der Waals surface area contributed by atoms with Gasteiger partial charge in [0.2, 0.25) is 10.0 Å². The molecule has 0 fully saturated rings. The summed E-state index contributed by atoms with van der Waals surface area (Å²) in [5.74, 6) is 0.638. The summed E-state index contributed by atoms with van der Waals surface area (Å²) >= 11 is 1.64. The maximum Gasteiger partial charge on any atom is 0.243 e. The van der Waals surface area contributed by atoms with Gasteiger partial charge < -0.3 is 4.42 Å². The largest absolute Gasteiger partial charge is 0.468 e. The summed E-state index contributed by atoms with van der Waals surface area (Å²) in [6, 6.07) is 13.0. The Morgan fingerprint density at radius 2 is 1.96 bits per heavy atom. The van der Waals surface area contributed by atoms with Gasteiger partial charge in [0, 0.05) is 11.4 Å². The molecule has 1 aromatic carbocycles. The zero-order valence-electron chi connectivity index (χ0n) is 14.3. The van der Waals surface area contributed by atoms with Crippen LogP contribution >= 0.6 is 11.3 Å². The van der Waals surface area contributed by atoms with E-state index in [9.17, 15) is 8.42 Å². The number of furan rings is 1. The van der Waals surface area contributed by atoms with E-state index in [0.29, 0.717) is 23.6 Å². The van der Waals surface area contributed by atoms with E-state index < -0.39 is 10.0 Å². The van der Waals surface area contributed by atoms with Gasteiger partial charge in [0.15, 0.2) is 0 Å². The molecular formula is C19H21NO3S2. The monoisotopic (exact) mass is 375 g/mol. The van der Waals surface area contributed by atoms with Crippen LogP contribution in [0.25, 0.3) is 0 Å². The van der Waals surface area contributed by atoms with Crippen molar-refractivity contribution in [1.82, 2.24) is 4.31 Å². The molecule has 0 aliphatic rings. The summed E-state index contributed by atoms with van der Waals surface area (Å²) in [6.45, 7) is 4.44. The molecule has 3 rings (SSSR count). The molecule has 25 heavy (non-hydrogen) atoms. The lowest BCUT2D eigenvalue weighted by molar-refractivity contribution is 0.366. The van der Waals surface area contributed by atoms with E-state index in [1.165, 1.54) is 9.18 Å². The third kappa shape index (κ3) is 4.21. The summed E-state index contributed by atoms with van der Waals surface area (Å²) in [6.07, 6.45) is 2.25. The molecule has 0 N–H and O–H groups in total. The first-order valence-electron chi connectivity index (χ1n) is 8.09. The summed E-state index contributed by atoms with van der Waals surface area (Å²) in [5.41, 5.74) is 1.81. The summed E-state index contributed by atoms with van der Waals surface area (Å²) in [7, 11) is -3.60. The first-order valence-corrected chi connectivity index (χ1v) is 10.4. The second-order valence-corrected chi connectivity index (χ2v) is 8.95. The number of thiophene rings is 1. The average Bonchev–Trinajstić information content (AvgIpc) is 3.24. The van der Waals surface area contributed by atoms with Gasteiger partial charge in [-0.3, -0.25) is 0 Å². The second kappa shape index (κ2) is 7.56. The van der Waals surface area contributed by atoms with Crippen LogP contribution in [0.2, 0.25) is 0 Å². The number of rotatable bonds is 7. The van der Waals surface area contributed by atoms with Crippen LogP contribution in [0.1, 0.15) is 21.8 Å². The van der Waals surface area contributed by atoms with Crippen LogP contribution in [0, 0.1) is 13.8 Å². The lowest BCUT2D eigenvalue weighted by Crippen LogP contribution is -2.32. The van der Waals surface area contributed by atoms with Crippen molar-refractivity contribution in [2.75, 3.05) is 6.54 Å². The lowest BCUT2D eigenvalue weighted by atomic mass is 10.2. The molecule has 2 heterocycles. The fraction of sp³-hybridized carbons (Fsp3) is 0.263. The first-order chi connectivity index (χ1) is 12.0. The van der Waals surface area contributed by atoms with Crippen molar-refractivity contribution in [1.29, 1.82) is 0 Å². The van der Waals surface area contributed by atoms with Gasteiger partial charge in [-0.25, -0.2) is 8.42 Å². The van der Waals surface area contributed by atoms with Gasteiger partial charge in [0.05, 0.1) is 17.7 Å². The molecule has 0 bridgehead atoms. The summed E-state index contributed by atoms with van der Waals surface area (Å²) < 4.78 is 33.4. The maximum atomic E-state index is 13.2. The van der Waals surface area contributed by atoms with Crippen LogP contribution in [-0.2, 0) is 23.0 Å². The Morgan fingerprint density at radius 3 is 2.60 bits per heavy atom. The molecule has 0 aliphatic carbocycles. The molecule has 132 valence electrons. The van der Waals surface area contributed by atoms with E-state index in [1.54, 1.807) is 35.8 Å². The van der Waals surface area contributed by atoms with Crippen molar-refractivity contribution in [2.45, 2.75) is 31.7 Å². The third-order valence-corrected chi connectivity index (χ3v) is 6.99. The number of hydrogen-bond acceptors (Lipinski definition) is 4. The van der Waals surface area contributed by atoms with Gasteiger partial charge in [-0.15, -0.1) is 11.3 Å². The molecule has 0 unspecified atom stereocenters. The van der Waals surface area contributed by atoms with E-state index >= 15 is 0 Å². The lowest BCUT2D eigenvalue weighted by Gasteiger charge is -2.22. The fourth-order valence-corrected chi connectivity index (χ4v) is 5.09. The number of nitrogens with zero attached hydrogens (tertiary/aromatic N) is 1. The Bertz CT molecular complexity index is 914. The molecule has 0 aliphatic heterocycles. The Balaban J connectivity index is 1.90. The zero-order chi connectivity index (χ0) is 17.9. The van der Waals surface area contributed by atoms with Crippen molar-refractivity contribution in [3.63, 3.8) is 0 Å². The Hall–Kier alpha value is -1.89. The van der Waals surface area contributed by atoms with Crippen LogP contribution in [0.3, 0.4) is 0 Å². The zero-order valence-corrected chi connectivity index (χ0v) is 15.9. The summed E-state index contributed by atoms with van der Waals surface area (Å²) in [4.78, 5) is 1.52. The van der Waals surface area contributed by atoms with Gasteiger partial charge in [-0.2, -0.15) is 4.31 Å². The second-order valence-electron chi connectivity index (χ2n) is 6.02. The molecule has 3 aromatic rings. The standard InChI is InChI=1S/C19H21NO3S2/c1-15-7-8-19(16(2)13-15)25(21,22)20(14-17-5-3-11-23-17)10-9-18-6-4-12-24-18/h3-8,11-13H,9-10,14H2,1-2H3. The van der Waals surface area contributed by atoms with Crippen molar-refractivity contribution < 1.29 is 12.8 Å². The van der Waals surface area contributed by atoms with Gasteiger partial charge in [0.25, 0.3) is 0 Å². The highest BCUT2D eigenvalue weighted by Gasteiger charge is 2.27. The Morgan fingerprint density at radius 1 is 1.12 bits per heavy atom. The van der Waals surface area contributed by atoms with Gasteiger partial charge in [0.1, 0.15) is 5.76 Å². The molecule has 0 saturated heterocycles. The third-order valence-electron chi connectivity index (χ3n) is 4.05. The van der Waals surface area contributed by atoms with E-state index in [0.717, 1.165) is 11.1 Å². The minimum absolute atomic E-state index is 0.230. The quantitative estimate of drug-likeness (QED) is 0.615. The van der Waals surface area contributed by atoms with Gasteiger partial charge in [-0.05, 0) is 55.5 Å². The smallest absolute Gasteiger partial charge is 0.243 e. The average molecular weight is 376 g/mol. The minimum Gasteiger partial charge on any atom is -0.468 e. The number of benzene rings is 1. The number of hydrogen-bond donors (Lipinski definition) is 0. The van der Waals surface area contributed by atoms with Gasteiger partial charge in [-0.1, -0.05) is 23.8 Å². The van der Waals surface area contributed by atoms with E-state index in [4.69, 9.17) is 4.42 Å².